The van der Waals surface area contributed by atoms with Crippen LogP contribution in [0, 0.1) is 0 Å². The van der Waals surface area contributed by atoms with Gasteiger partial charge >= 0.3 is 0 Å². The van der Waals surface area contributed by atoms with Crippen molar-refractivity contribution >= 4 is 12.4 Å². The molecule has 0 radical (unpaired) electrons. The van der Waals surface area contributed by atoms with E-state index in [2.05, 4.69) is 19.9 Å². The topological polar surface area (TPSA) is 35.2 Å². The van der Waals surface area contributed by atoms with Gasteiger partial charge in [0.05, 0.1) is 0 Å². The average Bonchev–Trinajstić information content (AvgIpc) is 2.15. The molecular weight excluding hydrogens is 210 g/mol. The molecule has 0 spiro atoms. The second-order valence-electron chi connectivity index (χ2n) is 4.54. The molecule has 2 rings (SSSR count). The number of hydrogen-bond donors (Lipinski definition) is 1. The van der Waals surface area contributed by atoms with Crippen molar-refractivity contribution in [3.05, 3.63) is 29.8 Å². The zero-order valence-electron chi connectivity index (χ0n) is 9.19. The van der Waals surface area contributed by atoms with Gasteiger partial charge in [-0.2, -0.15) is 0 Å². The van der Waals surface area contributed by atoms with Gasteiger partial charge in [0.15, 0.2) is 0 Å². The van der Waals surface area contributed by atoms with Crippen molar-refractivity contribution in [3.8, 4) is 5.75 Å². The van der Waals surface area contributed by atoms with E-state index in [1.807, 2.05) is 18.2 Å². The van der Waals surface area contributed by atoms with Gasteiger partial charge in [-0.3, -0.25) is 0 Å². The number of hydrogen-bond acceptors (Lipinski definition) is 2. The first-order valence-corrected chi connectivity index (χ1v) is 5.10. The van der Waals surface area contributed by atoms with Gasteiger partial charge in [-0.15, -0.1) is 12.4 Å². The predicted molar refractivity (Wildman–Crippen MR) is 64.8 cm³/mol. The number of nitrogens with two attached hydrogens (primary N) is 1. The van der Waals surface area contributed by atoms with Gasteiger partial charge < -0.3 is 10.5 Å². The number of para-hydroxylation sites is 1. The Bertz CT molecular complexity index is 338. The Hall–Kier alpha value is -0.730. The molecule has 0 bridgehead atoms. The van der Waals surface area contributed by atoms with Crippen molar-refractivity contribution < 1.29 is 4.74 Å². The smallest absolute Gasteiger partial charge is 0.123 e. The molecule has 1 unspecified atom stereocenters. The van der Waals surface area contributed by atoms with Crippen molar-refractivity contribution in [2.45, 2.75) is 31.8 Å². The second-order valence-corrected chi connectivity index (χ2v) is 4.54. The standard InChI is InChI=1S/C12H17NO.ClH/c1-12(2)7-9(8-13)10-5-3-4-6-11(10)14-12;/h3-6,9H,7-8,13H2,1-2H3;1H. The maximum Gasteiger partial charge on any atom is 0.123 e. The second kappa shape index (κ2) is 4.42. The summed E-state index contributed by atoms with van der Waals surface area (Å²) in [6, 6.07) is 8.19. The van der Waals surface area contributed by atoms with E-state index in [0.29, 0.717) is 12.5 Å². The fraction of sp³-hybridized carbons (Fsp3) is 0.500. The van der Waals surface area contributed by atoms with Gasteiger partial charge in [0, 0.05) is 5.92 Å². The van der Waals surface area contributed by atoms with Crippen molar-refractivity contribution in [3.63, 3.8) is 0 Å². The van der Waals surface area contributed by atoms with Crippen molar-refractivity contribution in [2.24, 2.45) is 5.73 Å². The summed E-state index contributed by atoms with van der Waals surface area (Å²) in [5.41, 5.74) is 6.96. The maximum atomic E-state index is 5.90. The van der Waals surface area contributed by atoms with Crippen LogP contribution in [0.1, 0.15) is 31.7 Å². The van der Waals surface area contributed by atoms with E-state index in [1.165, 1.54) is 5.56 Å². The van der Waals surface area contributed by atoms with Gasteiger partial charge in [0.2, 0.25) is 0 Å². The lowest BCUT2D eigenvalue weighted by atomic mass is 9.84. The van der Waals surface area contributed by atoms with E-state index in [1.54, 1.807) is 0 Å². The molecule has 1 heterocycles. The maximum absolute atomic E-state index is 5.90. The molecule has 2 nitrogen and oxygen atoms in total. The lowest BCUT2D eigenvalue weighted by Gasteiger charge is -2.37. The Morgan fingerprint density at radius 1 is 1.40 bits per heavy atom. The van der Waals surface area contributed by atoms with E-state index >= 15 is 0 Å². The molecule has 1 atom stereocenters. The number of rotatable bonds is 1. The number of fused-ring (bicyclic) bond motifs is 1. The van der Waals surface area contributed by atoms with Crippen LogP contribution in [0.5, 0.6) is 5.75 Å². The molecule has 1 aromatic rings. The van der Waals surface area contributed by atoms with Gasteiger partial charge in [0.25, 0.3) is 0 Å². The predicted octanol–water partition coefficient (Wildman–Crippen LogP) is 2.71. The summed E-state index contributed by atoms with van der Waals surface area (Å²) in [5, 5.41) is 0. The fourth-order valence-corrected chi connectivity index (χ4v) is 2.16. The molecule has 1 aliphatic heterocycles. The lowest BCUT2D eigenvalue weighted by molar-refractivity contribution is 0.0731. The summed E-state index contributed by atoms with van der Waals surface area (Å²) in [7, 11) is 0. The van der Waals surface area contributed by atoms with Gasteiger partial charge in [0.1, 0.15) is 11.4 Å². The number of benzene rings is 1. The van der Waals surface area contributed by atoms with Crippen LogP contribution in [-0.2, 0) is 0 Å². The van der Waals surface area contributed by atoms with Crippen molar-refractivity contribution in [1.82, 2.24) is 0 Å². The summed E-state index contributed by atoms with van der Waals surface area (Å²) in [4.78, 5) is 0. The Balaban J connectivity index is 0.00000112. The molecule has 0 aliphatic carbocycles. The molecule has 1 aliphatic rings. The highest BCUT2D eigenvalue weighted by molar-refractivity contribution is 5.85. The first kappa shape index (κ1) is 12.3. The summed E-state index contributed by atoms with van der Waals surface area (Å²) in [6.07, 6.45) is 1.00. The molecule has 0 aromatic heterocycles. The van der Waals surface area contributed by atoms with Gasteiger partial charge in [-0.05, 0) is 38.4 Å². The Morgan fingerprint density at radius 2 is 2.07 bits per heavy atom. The molecule has 0 amide bonds. The van der Waals surface area contributed by atoms with Crippen LogP contribution in [0.25, 0.3) is 0 Å². The Morgan fingerprint density at radius 3 is 2.73 bits per heavy atom. The number of halogens is 1. The van der Waals surface area contributed by atoms with E-state index in [9.17, 15) is 0 Å². The third-order valence-corrected chi connectivity index (χ3v) is 2.77. The normalized spacial score (nSPS) is 22.2. The van der Waals surface area contributed by atoms with Crippen molar-refractivity contribution in [1.29, 1.82) is 0 Å². The van der Waals surface area contributed by atoms with Crippen molar-refractivity contribution in [2.75, 3.05) is 6.54 Å². The highest BCUT2D eigenvalue weighted by atomic mass is 35.5. The largest absolute Gasteiger partial charge is 0.488 e. The van der Waals surface area contributed by atoms with Crippen LogP contribution in [0.15, 0.2) is 24.3 Å². The average molecular weight is 228 g/mol. The fourth-order valence-electron chi connectivity index (χ4n) is 2.16. The molecule has 84 valence electrons. The molecule has 0 fully saturated rings. The minimum Gasteiger partial charge on any atom is -0.488 e. The zero-order valence-corrected chi connectivity index (χ0v) is 10.0. The summed E-state index contributed by atoms with van der Waals surface area (Å²) >= 11 is 0. The van der Waals surface area contributed by atoms with E-state index < -0.39 is 0 Å². The first-order chi connectivity index (χ1) is 6.62. The highest BCUT2D eigenvalue weighted by Crippen LogP contribution is 2.39. The van der Waals surface area contributed by atoms with E-state index in [0.717, 1.165) is 12.2 Å². The van der Waals surface area contributed by atoms with E-state index in [-0.39, 0.29) is 18.0 Å². The summed E-state index contributed by atoms with van der Waals surface area (Å²) < 4.78 is 5.90. The summed E-state index contributed by atoms with van der Waals surface area (Å²) in [6.45, 7) is 4.93. The van der Waals surface area contributed by atoms with Crippen LogP contribution < -0.4 is 10.5 Å². The molecule has 15 heavy (non-hydrogen) atoms. The van der Waals surface area contributed by atoms with Gasteiger partial charge in [-0.25, -0.2) is 0 Å². The Labute approximate surface area is 97.2 Å². The molecular formula is C12H18ClNO. The van der Waals surface area contributed by atoms with E-state index in [4.69, 9.17) is 10.5 Å². The molecule has 3 heteroatoms. The third kappa shape index (κ3) is 2.44. The SMILES string of the molecule is CC1(C)CC(CN)c2ccccc2O1.Cl. The third-order valence-electron chi connectivity index (χ3n) is 2.77. The Kier molecular flexibility index (Phi) is 3.63. The molecule has 0 saturated heterocycles. The molecule has 1 aromatic carbocycles. The minimum atomic E-state index is -0.0849. The first-order valence-electron chi connectivity index (χ1n) is 5.10. The quantitative estimate of drug-likeness (QED) is 0.801. The van der Waals surface area contributed by atoms with Crippen LogP contribution in [0.3, 0.4) is 0 Å². The van der Waals surface area contributed by atoms with Crippen LogP contribution in [-0.4, -0.2) is 12.1 Å². The van der Waals surface area contributed by atoms with Gasteiger partial charge in [-0.1, -0.05) is 18.2 Å². The van der Waals surface area contributed by atoms with Crippen LogP contribution >= 0.6 is 12.4 Å². The molecule has 0 saturated carbocycles. The number of ether oxygens (including phenoxy) is 1. The minimum absolute atomic E-state index is 0. The molecule has 2 N–H and O–H groups in total. The zero-order chi connectivity index (χ0) is 10.2. The highest BCUT2D eigenvalue weighted by Gasteiger charge is 2.32. The van der Waals surface area contributed by atoms with Crippen LogP contribution in [0.4, 0.5) is 0 Å². The van der Waals surface area contributed by atoms with Crippen LogP contribution in [0.2, 0.25) is 0 Å². The monoisotopic (exact) mass is 227 g/mol. The summed E-state index contributed by atoms with van der Waals surface area (Å²) in [5.74, 6) is 1.44. The lowest BCUT2D eigenvalue weighted by Crippen LogP contribution is -2.36.